The molecule has 2 rings (SSSR count). The van der Waals surface area contributed by atoms with Crippen LogP contribution in [0.5, 0.6) is 0 Å². The molecule has 18 heavy (non-hydrogen) atoms. The summed E-state index contributed by atoms with van der Waals surface area (Å²) in [7, 11) is 0. The van der Waals surface area contributed by atoms with Crippen LogP contribution in [0, 0.1) is 0 Å². The van der Waals surface area contributed by atoms with E-state index in [0.717, 1.165) is 25.7 Å². The molecule has 0 aromatic carbocycles. The van der Waals surface area contributed by atoms with Gasteiger partial charge in [0.25, 0.3) is 0 Å². The number of hydrogen-bond acceptors (Lipinski definition) is 5. The van der Waals surface area contributed by atoms with Crippen LogP contribution in [-0.4, -0.2) is 33.7 Å². The van der Waals surface area contributed by atoms with Crippen LogP contribution < -0.4 is 10.6 Å². The predicted octanol–water partition coefficient (Wildman–Crippen LogP) is 1.41. The minimum Gasteiger partial charge on any atom is -0.368 e. The molecular weight excluding hydrogens is 277 g/mol. The quantitative estimate of drug-likeness (QED) is 0.906. The fourth-order valence-corrected chi connectivity index (χ4v) is 2.54. The second-order valence-corrected chi connectivity index (χ2v) is 4.92. The molecule has 1 fully saturated rings. The topological polar surface area (TPSA) is 85.0 Å². The zero-order valence-electron chi connectivity index (χ0n) is 9.64. The molecular formula is C10H13Cl2N5O. The van der Waals surface area contributed by atoms with Crippen molar-refractivity contribution in [1.82, 2.24) is 15.2 Å². The Labute approximate surface area is 114 Å². The number of halogens is 2. The van der Waals surface area contributed by atoms with E-state index in [9.17, 15) is 4.79 Å². The van der Waals surface area contributed by atoms with Crippen molar-refractivity contribution in [2.75, 3.05) is 11.4 Å². The molecule has 0 aliphatic heterocycles. The van der Waals surface area contributed by atoms with Crippen molar-refractivity contribution < 1.29 is 4.79 Å². The van der Waals surface area contributed by atoms with Gasteiger partial charge in [0, 0.05) is 6.04 Å². The van der Waals surface area contributed by atoms with Gasteiger partial charge < -0.3 is 10.6 Å². The molecule has 1 aromatic heterocycles. The molecule has 0 unspecified atom stereocenters. The highest BCUT2D eigenvalue weighted by Crippen LogP contribution is 2.30. The average Bonchev–Trinajstić information content (AvgIpc) is 2.82. The van der Waals surface area contributed by atoms with Gasteiger partial charge in [-0.25, -0.2) is 0 Å². The van der Waals surface area contributed by atoms with Crippen molar-refractivity contribution in [1.29, 1.82) is 0 Å². The van der Waals surface area contributed by atoms with E-state index in [1.54, 1.807) is 4.90 Å². The SMILES string of the molecule is NC(=O)CN(c1nc(Cl)nnc1Cl)C1CCCC1. The van der Waals surface area contributed by atoms with Gasteiger partial charge >= 0.3 is 0 Å². The molecule has 0 radical (unpaired) electrons. The van der Waals surface area contributed by atoms with Crippen LogP contribution in [0.15, 0.2) is 0 Å². The van der Waals surface area contributed by atoms with E-state index >= 15 is 0 Å². The van der Waals surface area contributed by atoms with Gasteiger partial charge in [-0.05, 0) is 24.4 Å². The van der Waals surface area contributed by atoms with Crippen molar-refractivity contribution in [3.05, 3.63) is 10.4 Å². The molecule has 98 valence electrons. The number of amides is 1. The molecule has 1 aliphatic rings. The zero-order chi connectivity index (χ0) is 13.1. The number of nitrogens with two attached hydrogens (primary N) is 1. The number of carbonyl (C=O) groups excluding carboxylic acids is 1. The minimum atomic E-state index is -0.437. The summed E-state index contributed by atoms with van der Waals surface area (Å²) in [4.78, 5) is 17.0. The summed E-state index contributed by atoms with van der Waals surface area (Å²) in [6.45, 7) is 0.0550. The largest absolute Gasteiger partial charge is 0.368 e. The van der Waals surface area contributed by atoms with Crippen LogP contribution in [0.25, 0.3) is 0 Å². The standard InChI is InChI=1S/C10H13Cl2N5O/c11-8-9(14-10(12)16-15-8)17(5-7(13)18)6-3-1-2-4-6/h6H,1-5H2,(H2,13,18). The third-order valence-electron chi connectivity index (χ3n) is 2.97. The maximum absolute atomic E-state index is 11.2. The Morgan fingerprint density at radius 3 is 2.61 bits per heavy atom. The summed E-state index contributed by atoms with van der Waals surface area (Å²) >= 11 is 11.7. The first kappa shape index (κ1) is 13.3. The highest BCUT2D eigenvalue weighted by Gasteiger charge is 2.27. The van der Waals surface area contributed by atoms with E-state index in [1.807, 2.05) is 0 Å². The molecule has 2 N–H and O–H groups in total. The zero-order valence-corrected chi connectivity index (χ0v) is 11.2. The monoisotopic (exact) mass is 289 g/mol. The second kappa shape index (κ2) is 5.67. The normalized spacial score (nSPS) is 15.9. The molecule has 1 saturated carbocycles. The smallest absolute Gasteiger partial charge is 0.245 e. The first-order valence-corrected chi connectivity index (χ1v) is 6.44. The third kappa shape index (κ3) is 3.00. The van der Waals surface area contributed by atoms with Crippen LogP contribution in [0.2, 0.25) is 10.4 Å². The van der Waals surface area contributed by atoms with Crippen molar-refractivity contribution in [3.63, 3.8) is 0 Å². The summed E-state index contributed by atoms with van der Waals surface area (Å²) in [6.07, 6.45) is 4.18. The molecule has 0 atom stereocenters. The van der Waals surface area contributed by atoms with E-state index in [-0.39, 0.29) is 23.0 Å². The molecule has 1 amide bonds. The van der Waals surface area contributed by atoms with Crippen LogP contribution in [-0.2, 0) is 4.79 Å². The first-order chi connectivity index (χ1) is 8.58. The highest BCUT2D eigenvalue weighted by molar-refractivity contribution is 6.32. The van der Waals surface area contributed by atoms with E-state index in [0.29, 0.717) is 5.82 Å². The van der Waals surface area contributed by atoms with Gasteiger partial charge in [0.1, 0.15) is 0 Å². The lowest BCUT2D eigenvalue weighted by atomic mass is 10.2. The minimum absolute atomic E-state index is 0.00173. The predicted molar refractivity (Wildman–Crippen MR) is 68.6 cm³/mol. The lowest BCUT2D eigenvalue weighted by Gasteiger charge is -2.28. The molecule has 8 heteroatoms. The number of rotatable bonds is 4. The maximum Gasteiger partial charge on any atom is 0.245 e. The van der Waals surface area contributed by atoms with Gasteiger partial charge in [-0.15, -0.1) is 10.2 Å². The fourth-order valence-electron chi connectivity index (χ4n) is 2.23. The van der Waals surface area contributed by atoms with Crippen molar-refractivity contribution in [2.24, 2.45) is 5.73 Å². The molecule has 1 aliphatic carbocycles. The van der Waals surface area contributed by atoms with Gasteiger partial charge in [0.15, 0.2) is 11.0 Å². The van der Waals surface area contributed by atoms with E-state index in [4.69, 9.17) is 28.9 Å². The number of primary amides is 1. The van der Waals surface area contributed by atoms with Gasteiger partial charge in [-0.2, -0.15) is 4.98 Å². The maximum atomic E-state index is 11.2. The summed E-state index contributed by atoms with van der Waals surface area (Å²) in [6, 6.07) is 0.197. The Hall–Kier alpha value is -1.14. The Balaban J connectivity index is 2.31. The summed E-state index contributed by atoms with van der Waals surface area (Å²) < 4.78 is 0. The Morgan fingerprint density at radius 2 is 2.00 bits per heavy atom. The summed E-state index contributed by atoms with van der Waals surface area (Å²) in [5, 5.41) is 7.40. The highest BCUT2D eigenvalue weighted by atomic mass is 35.5. The lowest BCUT2D eigenvalue weighted by Crippen LogP contribution is -2.41. The summed E-state index contributed by atoms with van der Waals surface area (Å²) in [5.74, 6) is -0.0601. The van der Waals surface area contributed by atoms with Gasteiger partial charge in [0.2, 0.25) is 11.2 Å². The van der Waals surface area contributed by atoms with Gasteiger partial charge in [-0.3, -0.25) is 4.79 Å². The van der Waals surface area contributed by atoms with E-state index < -0.39 is 5.91 Å². The van der Waals surface area contributed by atoms with Crippen molar-refractivity contribution in [2.45, 2.75) is 31.7 Å². The second-order valence-electron chi connectivity index (χ2n) is 4.23. The van der Waals surface area contributed by atoms with Crippen molar-refractivity contribution in [3.8, 4) is 0 Å². The number of anilines is 1. The number of aromatic nitrogens is 3. The Morgan fingerprint density at radius 1 is 1.33 bits per heavy atom. The summed E-state index contributed by atoms with van der Waals surface area (Å²) in [5.41, 5.74) is 5.27. The van der Waals surface area contributed by atoms with Gasteiger partial charge in [-0.1, -0.05) is 24.4 Å². The van der Waals surface area contributed by atoms with Crippen LogP contribution in [0.1, 0.15) is 25.7 Å². The van der Waals surface area contributed by atoms with E-state index in [1.165, 1.54) is 0 Å². The lowest BCUT2D eigenvalue weighted by molar-refractivity contribution is -0.116. The molecule has 1 heterocycles. The van der Waals surface area contributed by atoms with Gasteiger partial charge in [0.05, 0.1) is 6.54 Å². The Kier molecular flexibility index (Phi) is 4.19. The molecule has 0 bridgehead atoms. The number of hydrogen-bond donors (Lipinski definition) is 1. The van der Waals surface area contributed by atoms with E-state index in [2.05, 4.69) is 15.2 Å². The van der Waals surface area contributed by atoms with Crippen molar-refractivity contribution >= 4 is 34.9 Å². The number of carbonyl (C=O) groups is 1. The fraction of sp³-hybridized carbons (Fsp3) is 0.600. The molecule has 0 saturated heterocycles. The average molecular weight is 290 g/mol. The third-order valence-corrected chi connectivity index (χ3v) is 3.37. The number of nitrogens with zero attached hydrogens (tertiary/aromatic N) is 4. The van der Waals surface area contributed by atoms with Crippen LogP contribution in [0.4, 0.5) is 5.82 Å². The van der Waals surface area contributed by atoms with Crippen LogP contribution >= 0.6 is 23.2 Å². The molecule has 1 aromatic rings. The Bertz CT molecular complexity index is 450. The van der Waals surface area contributed by atoms with Crippen LogP contribution in [0.3, 0.4) is 0 Å². The first-order valence-electron chi connectivity index (χ1n) is 5.68. The molecule has 0 spiro atoms. The molecule has 6 nitrogen and oxygen atoms in total.